The molecule has 5 heteroatoms. The first kappa shape index (κ1) is 10.2. The number of alkyl halides is 3. The molecule has 0 saturated carbocycles. The molecule has 1 aromatic rings. The van der Waals surface area contributed by atoms with E-state index >= 15 is 0 Å². The molecule has 0 spiro atoms. The molecule has 0 heterocycles. The van der Waals surface area contributed by atoms with E-state index in [1.165, 1.54) is 19.2 Å². The van der Waals surface area contributed by atoms with E-state index in [1.54, 1.807) is 0 Å². The quantitative estimate of drug-likeness (QED) is 0.748. The molecule has 0 atom stereocenters. The molecule has 0 bridgehead atoms. The lowest BCUT2D eigenvalue weighted by atomic mass is 10.1. The molecule has 72 valence electrons. The maximum absolute atomic E-state index is 12.3. The Labute approximate surface area is 78.5 Å². The third kappa shape index (κ3) is 2.28. The Balaban J connectivity index is 3.22. The van der Waals surface area contributed by atoms with E-state index < -0.39 is 11.7 Å². The van der Waals surface area contributed by atoms with Gasteiger partial charge in [-0.05, 0) is 18.2 Å². The SMILES string of the molecule is CNc1cc(Cl)ccc1C(F)(F)F. The van der Waals surface area contributed by atoms with Crippen LogP contribution in [0.1, 0.15) is 5.56 Å². The van der Waals surface area contributed by atoms with Gasteiger partial charge in [0.25, 0.3) is 0 Å². The Hall–Kier alpha value is -0.900. The summed E-state index contributed by atoms with van der Waals surface area (Å²) in [4.78, 5) is 0. The van der Waals surface area contributed by atoms with Crippen LogP contribution in [0, 0.1) is 0 Å². The predicted octanol–water partition coefficient (Wildman–Crippen LogP) is 3.40. The van der Waals surface area contributed by atoms with Crippen LogP contribution in [0.3, 0.4) is 0 Å². The second-order valence-corrected chi connectivity index (χ2v) is 2.87. The molecule has 0 aliphatic heterocycles. The summed E-state index contributed by atoms with van der Waals surface area (Å²) in [5.41, 5.74) is -0.723. The van der Waals surface area contributed by atoms with Crippen LogP contribution in [0.15, 0.2) is 18.2 Å². The number of hydrogen-bond acceptors (Lipinski definition) is 1. The number of hydrogen-bond donors (Lipinski definition) is 1. The smallest absolute Gasteiger partial charge is 0.388 e. The van der Waals surface area contributed by atoms with Crippen LogP contribution in [0.4, 0.5) is 18.9 Å². The Morgan fingerprint density at radius 3 is 2.38 bits per heavy atom. The highest BCUT2D eigenvalue weighted by Crippen LogP contribution is 2.35. The van der Waals surface area contributed by atoms with Crippen molar-refractivity contribution >= 4 is 17.3 Å². The van der Waals surface area contributed by atoms with Gasteiger partial charge in [-0.2, -0.15) is 13.2 Å². The highest BCUT2D eigenvalue weighted by Gasteiger charge is 2.33. The van der Waals surface area contributed by atoms with E-state index in [0.29, 0.717) is 0 Å². The molecule has 1 nitrogen and oxygen atoms in total. The largest absolute Gasteiger partial charge is 0.418 e. The average Bonchev–Trinajstić information content (AvgIpc) is 2.01. The number of benzene rings is 1. The van der Waals surface area contributed by atoms with Gasteiger partial charge < -0.3 is 5.32 Å². The fourth-order valence-electron chi connectivity index (χ4n) is 0.971. The van der Waals surface area contributed by atoms with Gasteiger partial charge >= 0.3 is 6.18 Å². The highest BCUT2D eigenvalue weighted by atomic mass is 35.5. The Morgan fingerprint density at radius 2 is 1.92 bits per heavy atom. The van der Waals surface area contributed by atoms with Gasteiger partial charge in [-0.3, -0.25) is 0 Å². The van der Waals surface area contributed by atoms with Crippen molar-refractivity contribution in [3.63, 3.8) is 0 Å². The van der Waals surface area contributed by atoms with Gasteiger partial charge in [0.05, 0.1) is 5.56 Å². The summed E-state index contributed by atoms with van der Waals surface area (Å²) in [6.07, 6.45) is -4.34. The molecule has 0 amide bonds. The lowest BCUT2D eigenvalue weighted by Gasteiger charge is -2.12. The van der Waals surface area contributed by atoms with Gasteiger partial charge in [0.2, 0.25) is 0 Å². The van der Waals surface area contributed by atoms with Crippen molar-refractivity contribution in [2.75, 3.05) is 12.4 Å². The minimum Gasteiger partial charge on any atom is -0.388 e. The first-order chi connectivity index (χ1) is 5.95. The zero-order chi connectivity index (χ0) is 10.1. The summed E-state index contributed by atoms with van der Waals surface area (Å²) in [5, 5.41) is 2.71. The van der Waals surface area contributed by atoms with E-state index in [0.717, 1.165) is 6.07 Å². The van der Waals surface area contributed by atoms with Gasteiger partial charge in [0.1, 0.15) is 0 Å². The summed E-state index contributed by atoms with van der Waals surface area (Å²) >= 11 is 5.54. The van der Waals surface area contributed by atoms with Crippen LogP contribution < -0.4 is 5.32 Å². The molecule has 0 aliphatic rings. The molecule has 13 heavy (non-hydrogen) atoms. The molecular formula is C8H7ClF3N. The molecular weight excluding hydrogens is 203 g/mol. The Morgan fingerprint density at radius 1 is 1.31 bits per heavy atom. The van der Waals surface area contributed by atoms with Crippen molar-refractivity contribution in [1.29, 1.82) is 0 Å². The number of halogens is 4. The minimum atomic E-state index is -4.34. The minimum absolute atomic E-state index is 0.0139. The molecule has 1 N–H and O–H groups in total. The van der Waals surface area contributed by atoms with Crippen LogP contribution >= 0.6 is 11.6 Å². The third-order valence-electron chi connectivity index (χ3n) is 1.56. The van der Waals surface area contributed by atoms with Gasteiger partial charge in [-0.15, -0.1) is 0 Å². The summed E-state index contributed by atoms with van der Waals surface area (Å²) in [6, 6.07) is 3.41. The molecule has 0 aromatic heterocycles. The molecule has 0 saturated heterocycles. The first-order valence-corrected chi connectivity index (χ1v) is 3.87. The summed E-state index contributed by atoms with van der Waals surface area (Å²) in [6.45, 7) is 0. The molecule has 0 aliphatic carbocycles. The fourth-order valence-corrected chi connectivity index (χ4v) is 1.14. The standard InChI is InChI=1S/C8H7ClF3N/c1-13-7-4-5(9)2-3-6(7)8(10,11)12/h2-4,13H,1H3. The van der Waals surface area contributed by atoms with Crippen LogP contribution in [0.5, 0.6) is 0 Å². The van der Waals surface area contributed by atoms with Crippen LogP contribution in [-0.2, 0) is 6.18 Å². The Kier molecular flexibility index (Phi) is 2.71. The van der Waals surface area contributed by atoms with Gasteiger partial charge in [-0.25, -0.2) is 0 Å². The van der Waals surface area contributed by atoms with Gasteiger partial charge in [0.15, 0.2) is 0 Å². The molecule has 0 radical (unpaired) electrons. The number of nitrogens with one attached hydrogen (secondary N) is 1. The maximum Gasteiger partial charge on any atom is 0.418 e. The lowest BCUT2D eigenvalue weighted by molar-refractivity contribution is -0.136. The number of rotatable bonds is 1. The van der Waals surface area contributed by atoms with E-state index in [2.05, 4.69) is 5.32 Å². The van der Waals surface area contributed by atoms with Crippen molar-refractivity contribution in [1.82, 2.24) is 0 Å². The highest BCUT2D eigenvalue weighted by molar-refractivity contribution is 6.30. The predicted molar refractivity (Wildman–Crippen MR) is 46.0 cm³/mol. The number of anilines is 1. The Bertz CT molecular complexity index is 309. The van der Waals surface area contributed by atoms with Crippen molar-refractivity contribution < 1.29 is 13.2 Å². The summed E-state index contributed by atoms with van der Waals surface area (Å²) in [5.74, 6) is 0. The third-order valence-corrected chi connectivity index (χ3v) is 1.79. The van der Waals surface area contributed by atoms with Crippen LogP contribution in [0.25, 0.3) is 0 Å². The van der Waals surface area contributed by atoms with Crippen molar-refractivity contribution in [3.8, 4) is 0 Å². The maximum atomic E-state index is 12.3. The van der Waals surface area contributed by atoms with E-state index in [1.807, 2.05) is 0 Å². The van der Waals surface area contributed by atoms with Crippen molar-refractivity contribution in [2.24, 2.45) is 0 Å². The zero-order valence-corrected chi connectivity index (χ0v) is 7.50. The summed E-state index contributed by atoms with van der Waals surface area (Å²) in [7, 11) is 1.42. The monoisotopic (exact) mass is 209 g/mol. The molecule has 0 fully saturated rings. The van der Waals surface area contributed by atoms with E-state index in [9.17, 15) is 13.2 Å². The second kappa shape index (κ2) is 3.46. The normalized spacial score (nSPS) is 11.5. The average molecular weight is 210 g/mol. The topological polar surface area (TPSA) is 12.0 Å². The van der Waals surface area contributed by atoms with Crippen LogP contribution in [-0.4, -0.2) is 7.05 Å². The van der Waals surface area contributed by atoms with Gasteiger partial charge in [0, 0.05) is 17.8 Å². The van der Waals surface area contributed by atoms with Crippen molar-refractivity contribution in [3.05, 3.63) is 28.8 Å². The van der Waals surface area contributed by atoms with E-state index in [4.69, 9.17) is 11.6 Å². The second-order valence-electron chi connectivity index (χ2n) is 2.44. The molecule has 0 unspecified atom stereocenters. The molecule has 1 aromatic carbocycles. The van der Waals surface area contributed by atoms with E-state index in [-0.39, 0.29) is 10.7 Å². The first-order valence-electron chi connectivity index (χ1n) is 3.49. The lowest BCUT2D eigenvalue weighted by Crippen LogP contribution is -2.08. The van der Waals surface area contributed by atoms with Crippen LogP contribution in [0.2, 0.25) is 5.02 Å². The van der Waals surface area contributed by atoms with Gasteiger partial charge in [-0.1, -0.05) is 11.6 Å². The zero-order valence-electron chi connectivity index (χ0n) is 6.74. The summed E-state index contributed by atoms with van der Waals surface area (Å²) < 4.78 is 36.9. The molecule has 1 rings (SSSR count). The van der Waals surface area contributed by atoms with Crippen molar-refractivity contribution in [2.45, 2.75) is 6.18 Å². The fraction of sp³-hybridized carbons (Fsp3) is 0.250.